The predicted octanol–water partition coefficient (Wildman–Crippen LogP) is 3.10. The summed E-state index contributed by atoms with van der Waals surface area (Å²) in [6, 6.07) is 15.5. The van der Waals surface area contributed by atoms with Crippen molar-refractivity contribution in [1.82, 2.24) is 10.3 Å². The van der Waals surface area contributed by atoms with Crippen molar-refractivity contribution in [3.63, 3.8) is 0 Å². The average Bonchev–Trinajstić information content (AvgIpc) is 3.30. The molecule has 2 unspecified atom stereocenters. The van der Waals surface area contributed by atoms with Gasteiger partial charge in [-0.05, 0) is 30.7 Å². The van der Waals surface area contributed by atoms with Gasteiger partial charge in [-0.3, -0.25) is 9.59 Å². The number of nitrogens with one attached hydrogen (secondary N) is 2. The van der Waals surface area contributed by atoms with Crippen molar-refractivity contribution in [2.24, 2.45) is 0 Å². The normalized spacial score (nSPS) is 20.6. The standard InChI is InChI=1S/C20H18N4O2S2/c25-18(11-27-20-23-14-6-2-4-8-17(14)28-20)21-12-9-16-19(26)22-13-5-1-3-7-15(13)24(16)10-12/h1-8,12,16H,9-11H2,(H,21,25)(H,22,26). The molecule has 0 spiro atoms. The van der Waals surface area contributed by atoms with E-state index in [1.807, 2.05) is 48.5 Å². The number of benzene rings is 2. The quantitative estimate of drug-likeness (QED) is 0.647. The van der Waals surface area contributed by atoms with Crippen LogP contribution in [0.15, 0.2) is 52.9 Å². The first kappa shape index (κ1) is 17.5. The number of para-hydroxylation sites is 3. The zero-order valence-corrected chi connectivity index (χ0v) is 16.6. The number of carbonyl (C=O) groups is 2. The highest BCUT2D eigenvalue weighted by atomic mass is 32.2. The van der Waals surface area contributed by atoms with Crippen LogP contribution in [-0.4, -0.2) is 41.2 Å². The van der Waals surface area contributed by atoms with Gasteiger partial charge in [0.25, 0.3) is 0 Å². The summed E-state index contributed by atoms with van der Waals surface area (Å²) >= 11 is 3.06. The third-order valence-corrected chi connectivity index (χ3v) is 7.22. The average molecular weight is 411 g/mol. The SMILES string of the molecule is O=C(CSc1nc2ccccc2s1)NC1CC2C(=O)Nc3ccccc3N2C1. The molecule has 1 saturated heterocycles. The molecule has 2 aromatic carbocycles. The van der Waals surface area contributed by atoms with E-state index in [0.29, 0.717) is 18.7 Å². The summed E-state index contributed by atoms with van der Waals surface area (Å²) in [6.07, 6.45) is 0.623. The maximum absolute atomic E-state index is 12.4. The van der Waals surface area contributed by atoms with Gasteiger partial charge in [0.15, 0.2) is 4.34 Å². The highest BCUT2D eigenvalue weighted by molar-refractivity contribution is 8.01. The van der Waals surface area contributed by atoms with Crippen LogP contribution in [0, 0.1) is 0 Å². The van der Waals surface area contributed by atoms with Crippen LogP contribution in [-0.2, 0) is 9.59 Å². The van der Waals surface area contributed by atoms with Gasteiger partial charge < -0.3 is 15.5 Å². The number of thioether (sulfide) groups is 1. The molecule has 2 aliphatic rings. The largest absolute Gasteiger partial charge is 0.356 e. The van der Waals surface area contributed by atoms with E-state index in [-0.39, 0.29) is 23.9 Å². The molecule has 0 saturated carbocycles. The molecule has 2 amide bonds. The lowest BCUT2D eigenvalue weighted by atomic mass is 10.1. The molecule has 142 valence electrons. The van der Waals surface area contributed by atoms with E-state index in [9.17, 15) is 9.59 Å². The van der Waals surface area contributed by atoms with Crippen LogP contribution in [0.4, 0.5) is 11.4 Å². The molecule has 28 heavy (non-hydrogen) atoms. The minimum absolute atomic E-state index is 0.000649. The molecule has 5 rings (SSSR count). The maximum atomic E-state index is 12.4. The van der Waals surface area contributed by atoms with Crippen molar-refractivity contribution >= 4 is 56.5 Å². The Morgan fingerprint density at radius 3 is 2.96 bits per heavy atom. The lowest BCUT2D eigenvalue weighted by molar-refractivity contribution is -0.120. The number of fused-ring (bicyclic) bond motifs is 4. The Morgan fingerprint density at radius 1 is 1.25 bits per heavy atom. The van der Waals surface area contributed by atoms with E-state index >= 15 is 0 Å². The Kier molecular flexibility index (Phi) is 4.44. The smallest absolute Gasteiger partial charge is 0.247 e. The van der Waals surface area contributed by atoms with Crippen LogP contribution in [0.25, 0.3) is 10.2 Å². The maximum Gasteiger partial charge on any atom is 0.247 e. The van der Waals surface area contributed by atoms with Crippen LogP contribution in [0.2, 0.25) is 0 Å². The number of hydrogen-bond donors (Lipinski definition) is 2. The molecule has 0 radical (unpaired) electrons. The number of carbonyl (C=O) groups excluding carboxylic acids is 2. The van der Waals surface area contributed by atoms with E-state index in [4.69, 9.17) is 0 Å². The topological polar surface area (TPSA) is 74.3 Å². The van der Waals surface area contributed by atoms with Crippen molar-refractivity contribution in [2.75, 3.05) is 22.5 Å². The van der Waals surface area contributed by atoms with Crippen molar-refractivity contribution in [3.8, 4) is 0 Å². The number of anilines is 2. The minimum Gasteiger partial charge on any atom is -0.356 e. The first-order valence-corrected chi connectivity index (χ1v) is 10.9. The summed E-state index contributed by atoms with van der Waals surface area (Å²) in [6.45, 7) is 0.645. The van der Waals surface area contributed by atoms with Crippen LogP contribution < -0.4 is 15.5 Å². The molecule has 2 aliphatic heterocycles. The van der Waals surface area contributed by atoms with Crippen molar-refractivity contribution in [1.29, 1.82) is 0 Å². The minimum atomic E-state index is -0.225. The summed E-state index contributed by atoms with van der Waals surface area (Å²) in [4.78, 5) is 31.5. The van der Waals surface area contributed by atoms with Gasteiger partial charge in [0.05, 0.1) is 27.3 Å². The lowest BCUT2D eigenvalue weighted by Crippen LogP contribution is -2.44. The van der Waals surface area contributed by atoms with E-state index in [2.05, 4.69) is 20.5 Å². The van der Waals surface area contributed by atoms with Gasteiger partial charge in [-0.25, -0.2) is 4.98 Å². The molecule has 0 aliphatic carbocycles. The van der Waals surface area contributed by atoms with Gasteiger partial charge in [-0.1, -0.05) is 36.0 Å². The number of rotatable bonds is 4. The fourth-order valence-electron chi connectivity index (χ4n) is 3.81. The van der Waals surface area contributed by atoms with E-state index in [1.54, 1.807) is 11.3 Å². The number of nitrogens with zero attached hydrogens (tertiary/aromatic N) is 2. The van der Waals surface area contributed by atoms with Crippen LogP contribution in [0.3, 0.4) is 0 Å². The van der Waals surface area contributed by atoms with E-state index in [1.165, 1.54) is 11.8 Å². The second-order valence-corrected chi connectivity index (χ2v) is 9.16. The van der Waals surface area contributed by atoms with Crippen LogP contribution >= 0.6 is 23.1 Å². The Hall–Kier alpha value is -2.58. The fourth-order valence-corrected chi connectivity index (χ4v) is 5.69. The Morgan fingerprint density at radius 2 is 2.07 bits per heavy atom. The first-order valence-electron chi connectivity index (χ1n) is 9.11. The molecule has 3 aromatic rings. The van der Waals surface area contributed by atoms with Gasteiger partial charge in [0.2, 0.25) is 11.8 Å². The number of thiazole rings is 1. The number of hydrogen-bond acceptors (Lipinski definition) is 6. The predicted molar refractivity (Wildman–Crippen MR) is 113 cm³/mol. The molecule has 1 aromatic heterocycles. The third kappa shape index (κ3) is 3.22. The molecule has 6 nitrogen and oxygen atoms in total. The molecule has 1 fully saturated rings. The number of aromatic nitrogens is 1. The summed E-state index contributed by atoms with van der Waals surface area (Å²) in [7, 11) is 0. The summed E-state index contributed by atoms with van der Waals surface area (Å²) in [5, 5.41) is 6.05. The monoisotopic (exact) mass is 410 g/mol. The number of amides is 2. The Balaban J connectivity index is 1.21. The highest BCUT2D eigenvalue weighted by Crippen LogP contribution is 2.36. The Labute approximate surface area is 170 Å². The Bertz CT molecular complexity index is 1030. The zero-order chi connectivity index (χ0) is 19.1. The van der Waals surface area contributed by atoms with Gasteiger partial charge in [0, 0.05) is 12.6 Å². The zero-order valence-electron chi connectivity index (χ0n) is 14.9. The van der Waals surface area contributed by atoms with Gasteiger partial charge in [-0.15, -0.1) is 11.3 Å². The third-order valence-electron chi connectivity index (χ3n) is 5.04. The van der Waals surface area contributed by atoms with Crippen molar-refractivity contribution in [2.45, 2.75) is 22.8 Å². The molecule has 3 heterocycles. The van der Waals surface area contributed by atoms with Crippen LogP contribution in [0.1, 0.15) is 6.42 Å². The van der Waals surface area contributed by atoms with Crippen LogP contribution in [0.5, 0.6) is 0 Å². The van der Waals surface area contributed by atoms with Gasteiger partial charge >= 0.3 is 0 Å². The second kappa shape index (κ2) is 7.10. The summed E-state index contributed by atoms with van der Waals surface area (Å²) < 4.78 is 2.02. The molecule has 8 heteroatoms. The van der Waals surface area contributed by atoms with E-state index < -0.39 is 0 Å². The van der Waals surface area contributed by atoms with Crippen molar-refractivity contribution in [3.05, 3.63) is 48.5 Å². The molecular weight excluding hydrogens is 392 g/mol. The molecular formula is C20H18N4O2S2. The van der Waals surface area contributed by atoms with Gasteiger partial charge in [-0.2, -0.15) is 0 Å². The molecule has 0 bridgehead atoms. The van der Waals surface area contributed by atoms with Gasteiger partial charge in [0.1, 0.15) is 6.04 Å². The summed E-state index contributed by atoms with van der Waals surface area (Å²) in [5.41, 5.74) is 2.82. The van der Waals surface area contributed by atoms with Crippen molar-refractivity contribution < 1.29 is 9.59 Å². The second-order valence-electron chi connectivity index (χ2n) is 6.91. The fraction of sp³-hybridized carbons (Fsp3) is 0.250. The lowest BCUT2D eigenvalue weighted by Gasteiger charge is -2.32. The highest BCUT2D eigenvalue weighted by Gasteiger charge is 2.41. The first-order chi connectivity index (χ1) is 13.7. The molecule has 2 N–H and O–H groups in total. The summed E-state index contributed by atoms with van der Waals surface area (Å²) in [5.74, 6) is 0.297. The molecule has 2 atom stereocenters. The van der Waals surface area contributed by atoms with E-state index in [0.717, 1.165) is 25.9 Å².